The molecule has 0 spiro atoms. The molecule has 2 aromatic heterocycles. The molecule has 0 bridgehead atoms. The van der Waals surface area contributed by atoms with Gasteiger partial charge in [0.05, 0.1) is 11.1 Å². The number of nitriles is 1. The number of oxazole rings is 1. The van der Waals surface area contributed by atoms with Crippen LogP contribution in [0.25, 0.3) is 11.1 Å². The highest BCUT2D eigenvalue weighted by Crippen LogP contribution is 2.31. The lowest BCUT2D eigenvalue weighted by Gasteiger charge is -2.04. The lowest BCUT2D eigenvalue weighted by Crippen LogP contribution is -2.17. The first-order valence-corrected chi connectivity index (χ1v) is 8.71. The summed E-state index contributed by atoms with van der Waals surface area (Å²) >= 11 is 1.40. The average molecular weight is 355 g/mol. The first-order valence-electron chi connectivity index (χ1n) is 7.89. The first kappa shape index (κ1) is 17.0. The molecule has 3 rings (SSSR count). The molecule has 0 atom stereocenters. The van der Waals surface area contributed by atoms with Crippen LogP contribution in [0.1, 0.15) is 28.8 Å². The Balaban J connectivity index is 1.63. The second kappa shape index (κ2) is 6.95. The summed E-state index contributed by atoms with van der Waals surface area (Å²) in [5.41, 5.74) is 2.69. The minimum Gasteiger partial charge on any atom is -0.408 e. The van der Waals surface area contributed by atoms with Gasteiger partial charge in [-0.15, -0.1) is 11.3 Å². The summed E-state index contributed by atoms with van der Waals surface area (Å²) < 4.78 is 6.70. The van der Waals surface area contributed by atoms with E-state index in [1.165, 1.54) is 15.9 Å². The van der Waals surface area contributed by atoms with E-state index in [-0.39, 0.29) is 12.3 Å². The number of hydrogen-bond donors (Lipinski definition) is 1. The summed E-state index contributed by atoms with van der Waals surface area (Å²) in [5.74, 6) is -0.587. The van der Waals surface area contributed by atoms with Crippen molar-refractivity contribution in [1.82, 2.24) is 4.57 Å². The molecular formula is C18H17N3O3S. The predicted molar refractivity (Wildman–Crippen MR) is 96.8 cm³/mol. The van der Waals surface area contributed by atoms with Crippen LogP contribution in [0.15, 0.2) is 33.5 Å². The van der Waals surface area contributed by atoms with Gasteiger partial charge in [-0.2, -0.15) is 5.26 Å². The van der Waals surface area contributed by atoms with E-state index in [4.69, 9.17) is 4.42 Å². The zero-order valence-corrected chi connectivity index (χ0v) is 14.8. The number of aromatic nitrogens is 1. The van der Waals surface area contributed by atoms with Gasteiger partial charge < -0.3 is 9.73 Å². The van der Waals surface area contributed by atoms with Crippen molar-refractivity contribution >= 4 is 33.3 Å². The fourth-order valence-electron chi connectivity index (χ4n) is 2.66. The van der Waals surface area contributed by atoms with E-state index in [2.05, 4.69) is 11.4 Å². The van der Waals surface area contributed by atoms with Gasteiger partial charge in [0.25, 0.3) is 0 Å². The van der Waals surface area contributed by atoms with E-state index >= 15 is 0 Å². The number of nitrogens with zero attached hydrogens (tertiary/aromatic N) is 2. The normalized spacial score (nSPS) is 10.8. The minimum atomic E-state index is -0.419. The Kier molecular flexibility index (Phi) is 4.72. The molecule has 6 nitrogen and oxygen atoms in total. The topological polar surface area (TPSA) is 88.0 Å². The summed E-state index contributed by atoms with van der Waals surface area (Å²) in [4.78, 5) is 25.1. The second-order valence-electron chi connectivity index (χ2n) is 5.74. The van der Waals surface area contributed by atoms with Crippen LogP contribution in [0.5, 0.6) is 0 Å². The Morgan fingerprint density at radius 1 is 1.36 bits per heavy atom. The molecule has 0 radical (unpaired) electrons. The quantitative estimate of drug-likeness (QED) is 0.758. The number of rotatable bonds is 5. The third kappa shape index (κ3) is 3.35. The highest BCUT2D eigenvalue weighted by molar-refractivity contribution is 7.16. The third-order valence-corrected chi connectivity index (χ3v) is 5.23. The average Bonchev–Trinajstić information content (AvgIpc) is 3.04. The van der Waals surface area contributed by atoms with Gasteiger partial charge in [0.15, 0.2) is 5.58 Å². The van der Waals surface area contributed by atoms with Gasteiger partial charge in [-0.25, -0.2) is 4.79 Å². The number of anilines is 1. The molecule has 0 aliphatic carbocycles. The largest absolute Gasteiger partial charge is 0.419 e. The fraction of sp³-hybridized carbons (Fsp3) is 0.278. The van der Waals surface area contributed by atoms with E-state index in [1.807, 2.05) is 26.0 Å². The second-order valence-corrected chi connectivity index (χ2v) is 6.96. The van der Waals surface area contributed by atoms with E-state index < -0.39 is 5.76 Å². The fourth-order valence-corrected chi connectivity index (χ4v) is 3.69. The summed E-state index contributed by atoms with van der Waals surface area (Å²) in [6.45, 7) is 4.19. The van der Waals surface area contributed by atoms with Crippen molar-refractivity contribution in [3.05, 3.63) is 50.8 Å². The smallest absolute Gasteiger partial charge is 0.408 e. The molecule has 1 amide bonds. The van der Waals surface area contributed by atoms with Crippen LogP contribution in [0.3, 0.4) is 0 Å². The number of hydrogen-bond acceptors (Lipinski definition) is 5. The molecular weight excluding hydrogens is 338 g/mol. The van der Waals surface area contributed by atoms with Crippen LogP contribution < -0.4 is 11.1 Å². The van der Waals surface area contributed by atoms with Crippen molar-refractivity contribution in [3.8, 4) is 6.07 Å². The van der Waals surface area contributed by atoms with Gasteiger partial charge in [-0.3, -0.25) is 9.36 Å². The molecule has 0 unspecified atom stereocenters. The minimum absolute atomic E-state index is 0.168. The van der Waals surface area contributed by atoms with Gasteiger partial charge in [-0.1, -0.05) is 12.1 Å². The number of thiophene rings is 1. The monoisotopic (exact) mass is 355 g/mol. The van der Waals surface area contributed by atoms with Crippen LogP contribution in [0.2, 0.25) is 0 Å². The van der Waals surface area contributed by atoms with Gasteiger partial charge in [0, 0.05) is 17.8 Å². The predicted octanol–water partition coefficient (Wildman–Crippen LogP) is 3.56. The SMILES string of the molecule is Cc1sc(NC(=O)CCCn2c(=O)oc3ccccc32)c(C#N)c1C. The summed E-state index contributed by atoms with van der Waals surface area (Å²) in [7, 11) is 0. The molecule has 0 fully saturated rings. The Morgan fingerprint density at radius 3 is 2.88 bits per heavy atom. The number of aryl methyl sites for hydroxylation is 2. The number of benzene rings is 1. The molecule has 1 N–H and O–H groups in total. The van der Waals surface area contributed by atoms with Crippen LogP contribution in [0.4, 0.5) is 5.00 Å². The Morgan fingerprint density at radius 2 is 2.12 bits per heavy atom. The molecule has 128 valence electrons. The number of nitrogens with one attached hydrogen (secondary N) is 1. The van der Waals surface area contributed by atoms with E-state index in [0.29, 0.717) is 29.1 Å². The zero-order chi connectivity index (χ0) is 18.0. The summed E-state index contributed by atoms with van der Waals surface area (Å²) in [6, 6.07) is 9.34. The van der Waals surface area contributed by atoms with Crippen molar-refractivity contribution < 1.29 is 9.21 Å². The van der Waals surface area contributed by atoms with Crippen LogP contribution >= 0.6 is 11.3 Å². The number of carbonyl (C=O) groups is 1. The molecule has 25 heavy (non-hydrogen) atoms. The Hall–Kier alpha value is -2.85. The van der Waals surface area contributed by atoms with Crippen molar-refractivity contribution in [2.45, 2.75) is 33.2 Å². The Bertz CT molecular complexity index is 1040. The van der Waals surface area contributed by atoms with Crippen LogP contribution in [0, 0.1) is 25.2 Å². The molecule has 0 saturated heterocycles. The molecule has 1 aromatic carbocycles. The zero-order valence-electron chi connectivity index (χ0n) is 14.0. The van der Waals surface area contributed by atoms with Crippen molar-refractivity contribution in [3.63, 3.8) is 0 Å². The standard InChI is InChI=1S/C18H17N3O3S/c1-11-12(2)25-17(13(11)10-19)20-16(22)8-5-9-21-14-6-3-4-7-15(14)24-18(21)23/h3-4,6-7H,5,8-9H2,1-2H3,(H,20,22). The number of fused-ring (bicyclic) bond motifs is 1. The summed E-state index contributed by atoms with van der Waals surface area (Å²) in [6.07, 6.45) is 0.757. The number of carbonyl (C=O) groups excluding carboxylic acids is 1. The third-order valence-electron chi connectivity index (χ3n) is 4.11. The lowest BCUT2D eigenvalue weighted by atomic mass is 10.2. The highest BCUT2D eigenvalue weighted by Gasteiger charge is 2.15. The molecule has 2 heterocycles. The van der Waals surface area contributed by atoms with Crippen molar-refractivity contribution in [1.29, 1.82) is 5.26 Å². The number of para-hydroxylation sites is 2. The maximum Gasteiger partial charge on any atom is 0.419 e. The molecule has 7 heteroatoms. The maximum absolute atomic E-state index is 12.2. The molecule has 0 saturated carbocycles. The van der Waals surface area contributed by atoms with Crippen LogP contribution in [-0.4, -0.2) is 10.5 Å². The Labute approximate surface area is 148 Å². The van der Waals surface area contributed by atoms with Gasteiger partial charge >= 0.3 is 5.76 Å². The van der Waals surface area contributed by atoms with E-state index in [9.17, 15) is 14.9 Å². The highest BCUT2D eigenvalue weighted by atomic mass is 32.1. The van der Waals surface area contributed by atoms with Gasteiger partial charge in [-0.05, 0) is 38.0 Å². The van der Waals surface area contributed by atoms with Crippen molar-refractivity contribution in [2.24, 2.45) is 0 Å². The molecule has 0 aliphatic rings. The number of amides is 1. The first-order chi connectivity index (χ1) is 12.0. The summed E-state index contributed by atoms with van der Waals surface area (Å²) in [5, 5.41) is 12.6. The van der Waals surface area contributed by atoms with Gasteiger partial charge in [0.2, 0.25) is 5.91 Å². The molecule has 0 aliphatic heterocycles. The van der Waals surface area contributed by atoms with Crippen LogP contribution in [-0.2, 0) is 11.3 Å². The van der Waals surface area contributed by atoms with Gasteiger partial charge in [0.1, 0.15) is 11.1 Å². The van der Waals surface area contributed by atoms with E-state index in [1.54, 1.807) is 12.1 Å². The lowest BCUT2D eigenvalue weighted by molar-refractivity contribution is -0.116. The maximum atomic E-state index is 12.2. The van der Waals surface area contributed by atoms with Crippen molar-refractivity contribution in [2.75, 3.05) is 5.32 Å². The van der Waals surface area contributed by atoms with E-state index in [0.717, 1.165) is 16.0 Å². The molecule has 3 aromatic rings.